The van der Waals surface area contributed by atoms with Crippen molar-refractivity contribution in [1.82, 2.24) is 4.90 Å². The maximum Gasteiger partial charge on any atom is 0.307 e. The number of carbonyl (C=O) groups excluding carboxylic acids is 2. The Balaban J connectivity index is 2.61. The third kappa shape index (κ3) is 4.17. The van der Waals surface area contributed by atoms with E-state index in [2.05, 4.69) is 0 Å². The van der Waals surface area contributed by atoms with Gasteiger partial charge in [0, 0.05) is 19.2 Å². The Morgan fingerprint density at radius 2 is 2.11 bits per heavy atom. The molecule has 1 aromatic rings. The van der Waals surface area contributed by atoms with Crippen LogP contribution in [-0.4, -0.2) is 42.1 Å². The van der Waals surface area contributed by atoms with Gasteiger partial charge in [0.15, 0.2) is 0 Å². The maximum absolute atomic E-state index is 12.0. The van der Waals surface area contributed by atoms with Gasteiger partial charge in [0.25, 0.3) is 5.91 Å². The molecule has 0 atom stereocenters. The van der Waals surface area contributed by atoms with E-state index in [1.165, 1.54) is 23.1 Å². The molecule has 0 saturated heterocycles. The number of esters is 1. The summed E-state index contributed by atoms with van der Waals surface area (Å²) in [6.45, 7) is 2.30. The number of carbonyl (C=O) groups is 2. The lowest BCUT2D eigenvalue weighted by Gasteiger charge is -2.17. The molecule has 6 nitrogen and oxygen atoms in total. The zero-order chi connectivity index (χ0) is 14.4. The van der Waals surface area contributed by atoms with Crippen molar-refractivity contribution < 1.29 is 19.4 Å². The molecule has 0 saturated carbocycles. The number of amides is 1. The molecule has 6 heteroatoms. The fourth-order valence-corrected chi connectivity index (χ4v) is 1.49. The summed E-state index contributed by atoms with van der Waals surface area (Å²) in [7, 11) is 1.58. The van der Waals surface area contributed by atoms with Crippen LogP contribution in [0.5, 0.6) is 5.75 Å². The first-order chi connectivity index (χ1) is 8.95. The quantitative estimate of drug-likeness (QED) is 0.471. The van der Waals surface area contributed by atoms with Gasteiger partial charge in [-0.3, -0.25) is 9.59 Å². The molecule has 0 unspecified atom stereocenters. The number of hydrogen-bond acceptors (Lipinski definition) is 5. The minimum absolute atomic E-state index is 0.135. The molecule has 0 heterocycles. The van der Waals surface area contributed by atoms with Gasteiger partial charge in [0.1, 0.15) is 5.75 Å². The Labute approximate surface area is 111 Å². The Morgan fingerprint density at radius 1 is 1.42 bits per heavy atom. The molecule has 0 aliphatic heterocycles. The van der Waals surface area contributed by atoms with Crippen LogP contribution in [0.4, 0.5) is 5.69 Å². The molecular formula is C13H18N2O4. The number of phenolic OH excluding ortho intramolecular Hbond substituents is 1. The van der Waals surface area contributed by atoms with Crippen molar-refractivity contribution in [3.8, 4) is 5.75 Å². The molecule has 0 radical (unpaired) electrons. The number of hydrogen-bond donors (Lipinski definition) is 2. The van der Waals surface area contributed by atoms with Crippen LogP contribution in [0.2, 0.25) is 0 Å². The summed E-state index contributed by atoms with van der Waals surface area (Å²) in [5, 5.41) is 9.45. The molecule has 0 aliphatic carbocycles. The Morgan fingerprint density at radius 3 is 2.68 bits per heavy atom. The number of nitrogens with two attached hydrogens (primary N) is 1. The van der Waals surface area contributed by atoms with Crippen LogP contribution < -0.4 is 5.73 Å². The Kier molecular flexibility index (Phi) is 5.17. The summed E-state index contributed by atoms with van der Waals surface area (Å²) in [5.41, 5.74) is 5.99. The van der Waals surface area contributed by atoms with E-state index in [1.807, 2.05) is 0 Å². The minimum atomic E-state index is -0.345. The number of ether oxygens (including phenoxy) is 1. The number of rotatable bonds is 5. The van der Waals surface area contributed by atoms with Gasteiger partial charge < -0.3 is 20.5 Å². The van der Waals surface area contributed by atoms with Crippen molar-refractivity contribution in [3.05, 3.63) is 23.8 Å². The second kappa shape index (κ2) is 6.63. The normalized spacial score (nSPS) is 10.0. The number of aromatic hydroxyl groups is 1. The standard InChI is InChI=1S/C13H18N2O4/c1-3-19-12(17)6-7-15(2)13(18)9-4-5-10(14)11(16)8-9/h4-5,8,16H,3,6-7,14H2,1-2H3. The number of phenols is 1. The van der Waals surface area contributed by atoms with E-state index in [-0.39, 0.29) is 36.3 Å². The number of nitrogens with zero attached hydrogens (tertiary/aromatic N) is 1. The summed E-state index contributed by atoms with van der Waals surface area (Å²) < 4.78 is 4.78. The lowest BCUT2D eigenvalue weighted by atomic mass is 10.1. The fourth-order valence-electron chi connectivity index (χ4n) is 1.49. The first-order valence-corrected chi connectivity index (χ1v) is 5.95. The Bertz CT molecular complexity index is 474. The monoisotopic (exact) mass is 266 g/mol. The third-order valence-electron chi connectivity index (χ3n) is 2.58. The molecule has 0 bridgehead atoms. The Hall–Kier alpha value is -2.24. The number of nitrogen functional groups attached to an aromatic ring is 1. The number of anilines is 1. The molecular weight excluding hydrogens is 248 g/mol. The van der Waals surface area contributed by atoms with Gasteiger partial charge in [0.05, 0.1) is 18.7 Å². The van der Waals surface area contributed by atoms with Crippen LogP contribution in [0, 0.1) is 0 Å². The van der Waals surface area contributed by atoms with E-state index in [4.69, 9.17) is 10.5 Å². The maximum atomic E-state index is 12.0. The molecule has 104 valence electrons. The van der Waals surface area contributed by atoms with E-state index in [1.54, 1.807) is 14.0 Å². The first-order valence-electron chi connectivity index (χ1n) is 5.95. The highest BCUT2D eigenvalue weighted by Gasteiger charge is 2.14. The average molecular weight is 266 g/mol. The lowest BCUT2D eigenvalue weighted by Crippen LogP contribution is -2.29. The molecule has 19 heavy (non-hydrogen) atoms. The highest BCUT2D eigenvalue weighted by atomic mass is 16.5. The molecule has 0 aliphatic rings. The van der Waals surface area contributed by atoms with Crippen LogP contribution in [0.1, 0.15) is 23.7 Å². The van der Waals surface area contributed by atoms with Crippen LogP contribution in [-0.2, 0) is 9.53 Å². The zero-order valence-corrected chi connectivity index (χ0v) is 11.0. The molecule has 1 aromatic carbocycles. The summed E-state index contributed by atoms with van der Waals surface area (Å²) in [6, 6.07) is 4.29. The van der Waals surface area contributed by atoms with Crippen molar-refractivity contribution in [2.45, 2.75) is 13.3 Å². The highest BCUT2D eigenvalue weighted by Crippen LogP contribution is 2.21. The first kappa shape index (κ1) is 14.8. The van der Waals surface area contributed by atoms with Crippen molar-refractivity contribution in [3.63, 3.8) is 0 Å². The molecule has 0 fully saturated rings. The molecule has 3 N–H and O–H groups in total. The van der Waals surface area contributed by atoms with E-state index in [0.717, 1.165) is 0 Å². The molecule has 1 rings (SSSR count). The largest absolute Gasteiger partial charge is 0.506 e. The molecule has 0 aromatic heterocycles. The molecule has 1 amide bonds. The third-order valence-corrected chi connectivity index (χ3v) is 2.58. The van der Waals surface area contributed by atoms with Gasteiger partial charge in [-0.2, -0.15) is 0 Å². The summed E-state index contributed by atoms with van der Waals surface area (Å²) in [6.07, 6.45) is 0.136. The highest BCUT2D eigenvalue weighted by molar-refractivity contribution is 5.95. The second-order valence-corrected chi connectivity index (χ2v) is 4.06. The predicted octanol–water partition coefficient (Wildman–Crippen LogP) is 1.000. The van der Waals surface area contributed by atoms with Gasteiger partial charge in [-0.25, -0.2) is 0 Å². The molecule has 0 spiro atoms. The van der Waals surface area contributed by atoms with Gasteiger partial charge in [-0.15, -0.1) is 0 Å². The van der Waals surface area contributed by atoms with Crippen molar-refractivity contribution >= 4 is 17.6 Å². The average Bonchev–Trinajstić information content (AvgIpc) is 2.38. The van der Waals surface area contributed by atoms with Gasteiger partial charge in [0.2, 0.25) is 0 Å². The minimum Gasteiger partial charge on any atom is -0.506 e. The van der Waals surface area contributed by atoms with Gasteiger partial charge >= 0.3 is 5.97 Å². The van der Waals surface area contributed by atoms with E-state index < -0.39 is 0 Å². The van der Waals surface area contributed by atoms with Crippen molar-refractivity contribution in [2.75, 3.05) is 25.9 Å². The SMILES string of the molecule is CCOC(=O)CCN(C)C(=O)c1ccc(N)c(O)c1. The fraction of sp³-hybridized carbons (Fsp3) is 0.385. The van der Waals surface area contributed by atoms with Crippen molar-refractivity contribution in [2.24, 2.45) is 0 Å². The van der Waals surface area contributed by atoms with E-state index in [9.17, 15) is 14.7 Å². The van der Waals surface area contributed by atoms with Crippen LogP contribution in [0.25, 0.3) is 0 Å². The van der Waals surface area contributed by atoms with Crippen LogP contribution in [0.15, 0.2) is 18.2 Å². The van der Waals surface area contributed by atoms with Gasteiger partial charge in [-0.1, -0.05) is 0 Å². The topological polar surface area (TPSA) is 92.9 Å². The van der Waals surface area contributed by atoms with Crippen molar-refractivity contribution in [1.29, 1.82) is 0 Å². The van der Waals surface area contributed by atoms with Crippen LogP contribution >= 0.6 is 0 Å². The predicted molar refractivity (Wildman–Crippen MR) is 70.7 cm³/mol. The van der Waals surface area contributed by atoms with Gasteiger partial charge in [-0.05, 0) is 25.1 Å². The lowest BCUT2D eigenvalue weighted by molar-refractivity contribution is -0.143. The van der Waals surface area contributed by atoms with Crippen LogP contribution in [0.3, 0.4) is 0 Å². The number of benzene rings is 1. The van der Waals surface area contributed by atoms with E-state index in [0.29, 0.717) is 12.2 Å². The smallest absolute Gasteiger partial charge is 0.307 e. The zero-order valence-electron chi connectivity index (χ0n) is 11.0. The van der Waals surface area contributed by atoms with E-state index >= 15 is 0 Å². The summed E-state index contributed by atoms with van der Waals surface area (Å²) >= 11 is 0. The summed E-state index contributed by atoms with van der Waals surface area (Å²) in [4.78, 5) is 24.6. The summed E-state index contributed by atoms with van der Waals surface area (Å²) in [5.74, 6) is -0.772. The second-order valence-electron chi connectivity index (χ2n) is 4.06.